The van der Waals surface area contributed by atoms with Gasteiger partial charge in [0.1, 0.15) is 0 Å². The number of nitrogens with zero attached hydrogens (tertiary/aromatic N) is 4. The van der Waals surface area contributed by atoms with Crippen LogP contribution in [0.2, 0.25) is 0 Å². The van der Waals surface area contributed by atoms with Gasteiger partial charge in [-0.15, -0.1) is 0 Å². The third kappa shape index (κ3) is 2.87. The van der Waals surface area contributed by atoms with Gasteiger partial charge in [-0.05, 0) is 14.1 Å². The van der Waals surface area contributed by atoms with E-state index in [1.165, 1.54) is 0 Å². The van der Waals surface area contributed by atoms with Crippen LogP contribution in [0.25, 0.3) is 0 Å². The highest BCUT2D eigenvalue weighted by Gasteiger charge is 2.33. The molecule has 100 valence electrons. The van der Waals surface area contributed by atoms with Crippen LogP contribution in [-0.2, 0) is 11.2 Å². The highest BCUT2D eigenvalue weighted by molar-refractivity contribution is 5.79. The SMILES string of the molecule is CCc1noc([C@H]2CC(=O)N(CCN(C)C)C2)n1. The zero-order valence-corrected chi connectivity index (χ0v) is 11.2. The van der Waals surface area contributed by atoms with Crippen LogP contribution in [0.3, 0.4) is 0 Å². The lowest BCUT2D eigenvalue weighted by molar-refractivity contribution is -0.127. The first-order valence-electron chi connectivity index (χ1n) is 6.35. The fraction of sp³-hybridized carbons (Fsp3) is 0.750. The Kier molecular flexibility index (Phi) is 3.96. The number of carbonyl (C=O) groups is 1. The summed E-state index contributed by atoms with van der Waals surface area (Å²) < 4.78 is 5.21. The van der Waals surface area contributed by atoms with Gasteiger partial charge in [0.2, 0.25) is 11.8 Å². The van der Waals surface area contributed by atoms with Crippen molar-refractivity contribution in [2.24, 2.45) is 0 Å². The number of likely N-dealkylation sites (N-methyl/N-ethyl adjacent to an activating group) is 1. The van der Waals surface area contributed by atoms with Crippen molar-refractivity contribution in [2.75, 3.05) is 33.7 Å². The predicted molar refractivity (Wildman–Crippen MR) is 66.2 cm³/mol. The molecule has 1 aromatic rings. The normalized spacial score (nSPS) is 20.1. The Morgan fingerprint density at radius 2 is 2.28 bits per heavy atom. The van der Waals surface area contributed by atoms with Crippen molar-refractivity contribution in [2.45, 2.75) is 25.7 Å². The summed E-state index contributed by atoms with van der Waals surface area (Å²) in [6, 6.07) is 0. The molecule has 2 rings (SSSR count). The molecule has 6 nitrogen and oxygen atoms in total. The van der Waals surface area contributed by atoms with Gasteiger partial charge in [0.15, 0.2) is 5.82 Å². The molecule has 0 unspecified atom stereocenters. The smallest absolute Gasteiger partial charge is 0.232 e. The molecule has 18 heavy (non-hydrogen) atoms. The van der Waals surface area contributed by atoms with Crippen LogP contribution in [0.1, 0.15) is 31.0 Å². The van der Waals surface area contributed by atoms with Gasteiger partial charge >= 0.3 is 0 Å². The zero-order valence-electron chi connectivity index (χ0n) is 11.2. The van der Waals surface area contributed by atoms with E-state index < -0.39 is 0 Å². The summed E-state index contributed by atoms with van der Waals surface area (Å²) in [5, 5.41) is 3.88. The van der Waals surface area contributed by atoms with Gasteiger partial charge in [-0.2, -0.15) is 4.98 Å². The lowest BCUT2D eigenvalue weighted by Gasteiger charge is -2.18. The summed E-state index contributed by atoms with van der Waals surface area (Å²) in [5.74, 6) is 1.56. The molecular weight excluding hydrogens is 232 g/mol. The molecule has 6 heteroatoms. The molecule has 0 N–H and O–H groups in total. The van der Waals surface area contributed by atoms with E-state index in [1.807, 2.05) is 25.9 Å². The standard InChI is InChI=1S/C12H20N4O2/c1-4-10-13-12(18-14-10)9-7-11(17)16(8-9)6-5-15(2)3/h9H,4-8H2,1-3H3/t9-/m0/s1. The van der Waals surface area contributed by atoms with Gasteiger partial charge in [-0.1, -0.05) is 12.1 Å². The molecule has 0 radical (unpaired) electrons. The van der Waals surface area contributed by atoms with Gasteiger partial charge in [-0.3, -0.25) is 4.79 Å². The summed E-state index contributed by atoms with van der Waals surface area (Å²) in [4.78, 5) is 20.1. The lowest BCUT2D eigenvalue weighted by atomic mass is 10.1. The minimum atomic E-state index is 0.0625. The van der Waals surface area contributed by atoms with Crippen molar-refractivity contribution < 1.29 is 9.32 Å². The van der Waals surface area contributed by atoms with Gasteiger partial charge in [-0.25, -0.2) is 0 Å². The maximum Gasteiger partial charge on any atom is 0.232 e. The first-order chi connectivity index (χ1) is 8.60. The van der Waals surface area contributed by atoms with Crippen molar-refractivity contribution in [3.8, 4) is 0 Å². The lowest BCUT2D eigenvalue weighted by Crippen LogP contribution is -2.32. The molecule has 0 bridgehead atoms. The zero-order chi connectivity index (χ0) is 13.1. The maximum absolute atomic E-state index is 11.9. The number of aryl methyl sites for hydroxylation is 1. The number of hydrogen-bond donors (Lipinski definition) is 0. The summed E-state index contributed by atoms with van der Waals surface area (Å²) in [6.45, 7) is 4.31. The van der Waals surface area contributed by atoms with Crippen LogP contribution in [0.15, 0.2) is 4.52 Å². The van der Waals surface area contributed by atoms with E-state index in [0.29, 0.717) is 24.7 Å². The summed E-state index contributed by atoms with van der Waals surface area (Å²) in [6.07, 6.45) is 1.24. The Balaban J connectivity index is 1.95. The van der Waals surface area contributed by atoms with E-state index in [9.17, 15) is 4.79 Å². The molecule has 1 saturated heterocycles. The first-order valence-corrected chi connectivity index (χ1v) is 6.35. The number of likely N-dealkylation sites (tertiary alicyclic amines) is 1. The molecule has 1 amide bonds. The largest absolute Gasteiger partial charge is 0.341 e. The van der Waals surface area contributed by atoms with E-state index in [0.717, 1.165) is 19.5 Å². The number of carbonyl (C=O) groups excluding carboxylic acids is 1. The minimum absolute atomic E-state index is 0.0625. The molecule has 0 aromatic carbocycles. The molecule has 0 spiro atoms. The van der Waals surface area contributed by atoms with Gasteiger partial charge < -0.3 is 14.3 Å². The average molecular weight is 252 g/mol. The molecule has 0 saturated carbocycles. The average Bonchev–Trinajstić information content (AvgIpc) is 2.92. The highest BCUT2D eigenvalue weighted by atomic mass is 16.5. The third-order valence-electron chi connectivity index (χ3n) is 3.18. The monoisotopic (exact) mass is 252 g/mol. The molecule has 1 atom stereocenters. The first kappa shape index (κ1) is 13.0. The molecule has 1 aliphatic rings. The second kappa shape index (κ2) is 5.48. The molecular formula is C12H20N4O2. The highest BCUT2D eigenvalue weighted by Crippen LogP contribution is 2.26. The fourth-order valence-electron chi connectivity index (χ4n) is 2.05. The van der Waals surface area contributed by atoms with Crippen molar-refractivity contribution in [3.05, 3.63) is 11.7 Å². The molecule has 1 aliphatic heterocycles. The van der Waals surface area contributed by atoms with E-state index in [1.54, 1.807) is 0 Å². The number of rotatable bonds is 5. The Labute approximate surface area is 107 Å². The summed E-state index contributed by atoms with van der Waals surface area (Å²) >= 11 is 0. The molecule has 1 aromatic heterocycles. The fourth-order valence-corrected chi connectivity index (χ4v) is 2.05. The second-order valence-electron chi connectivity index (χ2n) is 4.95. The van der Waals surface area contributed by atoms with Crippen LogP contribution in [-0.4, -0.2) is 59.6 Å². The van der Waals surface area contributed by atoms with Crippen molar-refractivity contribution in [3.63, 3.8) is 0 Å². The van der Waals surface area contributed by atoms with Gasteiger partial charge in [0.05, 0.1) is 5.92 Å². The van der Waals surface area contributed by atoms with Gasteiger partial charge in [0, 0.05) is 32.5 Å². The Hall–Kier alpha value is -1.43. The summed E-state index contributed by atoms with van der Waals surface area (Å²) in [5.41, 5.74) is 0. The van der Waals surface area contributed by atoms with Crippen molar-refractivity contribution in [1.29, 1.82) is 0 Å². The van der Waals surface area contributed by atoms with Crippen LogP contribution in [0.4, 0.5) is 0 Å². The Morgan fingerprint density at radius 3 is 2.89 bits per heavy atom. The molecule has 0 aliphatic carbocycles. The number of hydrogen-bond acceptors (Lipinski definition) is 5. The van der Waals surface area contributed by atoms with E-state index in [-0.39, 0.29) is 11.8 Å². The van der Waals surface area contributed by atoms with Crippen LogP contribution in [0, 0.1) is 0 Å². The van der Waals surface area contributed by atoms with Crippen LogP contribution in [0.5, 0.6) is 0 Å². The Morgan fingerprint density at radius 1 is 1.50 bits per heavy atom. The molecule has 1 fully saturated rings. The van der Waals surface area contributed by atoms with Crippen molar-refractivity contribution in [1.82, 2.24) is 19.9 Å². The maximum atomic E-state index is 11.9. The predicted octanol–water partition coefficient (Wildman–Crippen LogP) is 0.509. The van der Waals surface area contributed by atoms with Crippen LogP contribution >= 0.6 is 0 Å². The van der Waals surface area contributed by atoms with E-state index >= 15 is 0 Å². The van der Waals surface area contributed by atoms with Gasteiger partial charge in [0.25, 0.3) is 0 Å². The summed E-state index contributed by atoms with van der Waals surface area (Å²) in [7, 11) is 4.01. The second-order valence-corrected chi connectivity index (χ2v) is 4.95. The number of amides is 1. The number of aromatic nitrogens is 2. The van der Waals surface area contributed by atoms with E-state index in [2.05, 4.69) is 15.0 Å². The Bertz CT molecular complexity index is 416. The molecule has 2 heterocycles. The third-order valence-corrected chi connectivity index (χ3v) is 3.18. The van der Waals surface area contributed by atoms with E-state index in [4.69, 9.17) is 4.52 Å². The quantitative estimate of drug-likeness (QED) is 0.764. The van der Waals surface area contributed by atoms with Crippen molar-refractivity contribution >= 4 is 5.91 Å². The topological polar surface area (TPSA) is 62.5 Å². The van der Waals surface area contributed by atoms with Crippen LogP contribution < -0.4 is 0 Å². The minimum Gasteiger partial charge on any atom is -0.341 e.